The first-order valence-electron chi connectivity index (χ1n) is 6.39. The molecular formula is C14H20N2O2. The average molecular weight is 248 g/mol. The molecule has 1 aromatic rings. The number of benzene rings is 1. The topological polar surface area (TPSA) is 52.6 Å². The summed E-state index contributed by atoms with van der Waals surface area (Å²) < 4.78 is 0. The molecule has 98 valence electrons. The number of likely N-dealkylation sites (tertiary alicyclic amines) is 1. The molecule has 2 rings (SSSR count). The van der Waals surface area contributed by atoms with Crippen LogP contribution in [0.25, 0.3) is 0 Å². The lowest BCUT2D eigenvalue weighted by atomic mass is 9.95. The number of carboxylic acid groups (broad SMARTS) is 1. The second kappa shape index (κ2) is 5.87. The van der Waals surface area contributed by atoms with Crippen molar-refractivity contribution >= 4 is 6.09 Å². The smallest absolute Gasteiger partial charge is 0.404 e. The molecule has 18 heavy (non-hydrogen) atoms. The van der Waals surface area contributed by atoms with Crippen LogP contribution in [0.2, 0.25) is 0 Å². The summed E-state index contributed by atoms with van der Waals surface area (Å²) in [6, 6.07) is 10.4. The third-order valence-corrected chi connectivity index (χ3v) is 3.31. The Morgan fingerprint density at radius 2 is 2.11 bits per heavy atom. The Labute approximate surface area is 108 Å². The Morgan fingerprint density at radius 1 is 1.39 bits per heavy atom. The fourth-order valence-corrected chi connectivity index (χ4v) is 2.71. The number of amides is 1. The van der Waals surface area contributed by atoms with Crippen LogP contribution in [0.4, 0.5) is 4.79 Å². The van der Waals surface area contributed by atoms with Gasteiger partial charge in [0.15, 0.2) is 0 Å². The molecule has 0 aromatic heterocycles. The van der Waals surface area contributed by atoms with Crippen LogP contribution in [0.3, 0.4) is 0 Å². The molecule has 2 N–H and O–H groups in total. The fourth-order valence-electron chi connectivity index (χ4n) is 2.71. The molecule has 0 radical (unpaired) electrons. The minimum Gasteiger partial charge on any atom is -0.465 e. The molecule has 0 spiro atoms. The van der Waals surface area contributed by atoms with Crippen molar-refractivity contribution in [2.75, 3.05) is 13.1 Å². The Bertz CT molecular complexity index is 394. The van der Waals surface area contributed by atoms with Crippen LogP contribution in [0.15, 0.2) is 30.3 Å². The van der Waals surface area contributed by atoms with E-state index in [1.165, 1.54) is 5.56 Å². The van der Waals surface area contributed by atoms with Crippen LogP contribution in [-0.2, 0) is 6.54 Å². The summed E-state index contributed by atoms with van der Waals surface area (Å²) in [5.41, 5.74) is 1.28. The molecule has 1 amide bonds. The van der Waals surface area contributed by atoms with Gasteiger partial charge in [-0.05, 0) is 17.9 Å². The van der Waals surface area contributed by atoms with Crippen molar-refractivity contribution in [2.24, 2.45) is 5.92 Å². The van der Waals surface area contributed by atoms with Gasteiger partial charge in [0.2, 0.25) is 0 Å². The lowest BCUT2D eigenvalue weighted by Crippen LogP contribution is -2.49. The van der Waals surface area contributed by atoms with Crippen molar-refractivity contribution in [3.05, 3.63) is 35.9 Å². The van der Waals surface area contributed by atoms with E-state index in [2.05, 4.69) is 29.3 Å². The monoisotopic (exact) mass is 248 g/mol. The van der Waals surface area contributed by atoms with E-state index in [-0.39, 0.29) is 6.04 Å². The van der Waals surface area contributed by atoms with E-state index < -0.39 is 6.09 Å². The van der Waals surface area contributed by atoms with Gasteiger partial charge in [-0.2, -0.15) is 0 Å². The molecule has 4 nitrogen and oxygen atoms in total. The minimum atomic E-state index is -0.922. The number of nitrogens with zero attached hydrogens (tertiary/aromatic N) is 1. The van der Waals surface area contributed by atoms with Gasteiger partial charge in [-0.3, -0.25) is 4.90 Å². The predicted octanol–water partition coefficient (Wildman–Crippen LogP) is 2.16. The van der Waals surface area contributed by atoms with Gasteiger partial charge in [-0.25, -0.2) is 4.79 Å². The highest BCUT2D eigenvalue weighted by Crippen LogP contribution is 2.18. The van der Waals surface area contributed by atoms with Gasteiger partial charge in [0.1, 0.15) is 0 Å². The summed E-state index contributed by atoms with van der Waals surface area (Å²) in [6.45, 7) is 4.90. The lowest BCUT2D eigenvalue weighted by Gasteiger charge is -2.36. The first-order valence-corrected chi connectivity index (χ1v) is 6.39. The van der Waals surface area contributed by atoms with Gasteiger partial charge in [0, 0.05) is 25.7 Å². The van der Waals surface area contributed by atoms with Crippen LogP contribution < -0.4 is 5.32 Å². The first kappa shape index (κ1) is 12.9. The number of nitrogens with one attached hydrogen (secondary N) is 1. The SMILES string of the molecule is CC1CC(NC(=O)O)CN(Cc2ccccc2)C1. The van der Waals surface area contributed by atoms with Gasteiger partial charge < -0.3 is 10.4 Å². The highest BCUT2D eigenvalue weighted by atomic mass is 16.4. The third-order valence-electron chi connectivity index (χ3n) is 3.31. The second-order valence-corrected chi connectivity index (χ2v) is 5.17. The molecule has 2 atom stereocenters. The molecular weight excluding hydrogens is 228 g/mol. The molecule has 1 aliphatic heterocycles. The van der Waals surface area contributed by atoms with Crippen molar-refractivity contribution in [1.82, 2.24) is 10.2 Å². The van der Waals surface area contributed by atoms with Crippen LogP contribution in [0.5, 0.6) is 0 Å². The number of hydrogen-bond donors (Lipinski definition) is 2. The first-order chi connectivity index (χ1) is 8.63. The van der Waals surface area contributed by atoms with Crippen LogP contribution >= 0.6 is 0 Å². The van der Waals surface area contributed by atoms with Crippen molar-refractivity contribution in [1.29, 1.82) is 0 Å². The Kier molecular flexibility index (Phi) is 4.20. The zero-order chi connectivity index (χ0) is 13.0. The predicted molar refractivity (Wildman–Crippen MR) is 70.4 cm³/mol. The number of carbonyl (C=O) groups is 1. The van der Waals surface area contributed by atoms with E-state index in [9.17, 15) is 4.79 Å². The van der Waals surface area contributed by atoms with Gasteiger partial charge in [-0.1, -0.05) is 37.3 Å². The summed E-state index contributed by atoms with van der Waals surface area (Å²) in [5, 5.41) is 11.4. The molecule has 1 fully saturated rings. The van der Waals surface area contributed by atoms with E-state index in [0.29, 0.717) is 5.92 Å². The van der Waals surface area contributed by atoms with Gasteiger partial charge in [0.25, 0.3) is 0 Å². The fraction of sp³-hybridized carbons (Fsp3) is 0.500. The quantitative estimate of drug-likeness (QED) is 0.862. The second-order valence-electron chi connectivity index (χ2n) is 5.17. The Balaban J connectivity index is 1.94. The molecule has 0 bridgehead atoms. The maximum absolute atomic E-state index is 10.7. The molecule has 4 heteroatoms. The summed E-state index contributed by atoms with van der Waals surface area (Å²) in [4.78, 5) is 13.0. The maximum Gasteiger partial charge on any atom is 0.404 e. The molecule has 1 aliphatic rings. The van der Waals surface area contributed by atoms with Crippen LogP contribution in [0, 0.1) is 5.92 Å². The summed E-state index contributed by atoms with van der Waals surface area (Å²) >= 11 is 0. The van der Waals surface area contributed by atoms with Gasteiger partial charge >= 0.3 is 6.09 Å². The molecule has 1 aromatic carbocycles. The standard InChI is InChI=1S/C14H20N2O2/c1-11-7-13(15-14(17)18)10-16(8-11)9-12-5-3-2-4-6-12/h2-6,11,13,15H,7-10H2,1H3,(H,17,18). The van der Waals surface area contributed by atoms with E-state index in [0.717, 1.165) is 26.1 Å². The molecule has 0 saturated carbocycles. The number of piperidine rings is 1. The minimum absolute atomic E-state index is 0.0509. The van der Waals surface area contributed by atoms with Gasteiger partial charge in [-0.15, -0.1) is 0 Å². The number of hydrogen-bond acceptors (Lipinski definition) is 2. The van der Waals surface area contributed by atoms with Crippen molar-refractivity contribution in [2.45, 2.75) is 25.9 Å². The zero-order valence-corrected chi connectivity index (χ0v) is 10.7. The lowest BCUT2D eigenvalue weighted by molar-refractivity contribution is 0.133. The molecule has 1 saturated heterocycles. The zero-order valence-electron chi connectivity index (χ0n) is 10.7. The largest absolute Gasteiger partial charge is 0.465 e. The average Bonchev–Trinajstić information content (AvgIpc) is 2.28. The summed E-state index contributed by atoms with van der Waals surface area (Å²) in [7, 11) is 0. The van der Waals surface area contributed by atoms with E-state index in [4.69, 9.17) is 5.11 Å². The Morgan fingerprint density at radius 3 is 2.78 bits per heavy atom. The van der Waals surface area contributed by atoms with E-state index >= 15 is 0 Å². The van der Waals surface area contributed by atoms with Crippen molar-refractivity contribution in [3.63, 3.8) is 0 Å². The molecule has 1 heterocycles. The van der Waals surface area contributed by atoms with Crippen LogP contribution in [-0.4, -0.2) is 35.2 Å². The van der Waals surface area contributed by atoms with Crippen molar-refractivity contribution < 1.29 is 9.90 Å². The summed E-state index contributed by atoms with van der Waals surface area (Å²) in [6.07, 6.45) is 0.00572. The molecule has 0 aliphatic carbocycles. The maximum atomic E-state index is 10.7. The van der Waals surface area contributed by atoms with Crippen LogP contribution in [0.1, 0.15) is 18.9 Å². The van der Waals surface area contributed by atoms with E-state index in [1.54, 1.807) is 0 Å². The van der Waals surface area contributed by atoms with Crippen molar-refractivity contribution in [3.8, 4) is 0 Å². The third kappa shape index (κ3) is 3.74. The highest BCUT2D eigenvalue weighted by Gasteiger charge is 2.25. The molecule has 2 unspecified atom stereocenters. The highest BCUT2D eigenvalue weighted by molar-refractivity contribution is 5.64. The summed E-state index contributed by atoms with van der Waals surface area (Å²) in [5.74, 6) is 0.527. The number of rotatable bonds is 3. The normalized spacial score (nSPS) is 24.7. The van der Waals surface area contributed by atoms with Gasteiger partial charge in [0.05, 0.1) is 0 Å². The van der Waals surface area contributed by atoms with E-state index in [1.807, 2.05) is 18.2 Å². The Hall–Kier alpha value is -1.55.